The van der Waals surface area contributed by atoms with Gasteiger partial charge in [0.2, 0.25) is 0 Å². The number of rotatable bonds is 3. The quantitative estimate of drug-likeness (QED) is 0.178. The predicted octanol–water partition coefficient (Wildman–Crippen LogP) is 7.59. The number of hydrogen-bond acceptors (Lipinski definition) is 2. The molecule has 0 N–H and O–H groups in total. The molecule has 0 unspecified atom stereocenters. The number of hydrogen-bond donors (Lipinski definition) is 0. The molecule has 8 rings (SSSR count). The Kier molecular flexibility index (Phi) is 4.79. The number of pyridine rings is 1. The normalized spacial score (nSPS) is 12.2. The fraction of sp³-hybridized carbons (Fsp3) is 0. The Balaban J connectivity index is 1.50. The van der Waals surface area contributed by atoms with Crippen LogP contribution in [0.1, 0.15) is 0 Å². The highest BCUT2D eigenvalue weighted by atomic mass is 31.2. The van der Waals surface area contributed by atoms with Gasteiger partial charge in [-0.15, -0.1) is 0 Å². The average Bonchev–Trinajstić information content (AvgIpc) is 3.41. The molecule has 2 aromatic heterocycles. The molecule has 0 spiro atoms. The van der Waals surface area contributed by atoms with Gasteiger partial charge in [-0.25, -0.2) is 4.98 Å². The van der Waals surface area contributed by atoms with Gasteiger partial charge in [0.1, 0.15) is 5.65 Å². The molecule has 8 aromatic rings. The van der Waals surface area contributed by atoms with Gasteiger partial charge in [-0.1, -0.05) is 121 Å². The fourth-order valence-electron chi connectivity index (χ4n) is 6.02. The molecular formula is C35H23N2OP. The first-order valence-corrected chi connectivity index (χ1v) is 14.8. The Morgan fingerprint density at radius 2 is 1.13 bits per heavy atom. The van der Waals surface area contributed by atoms with E-state index < -0.39 is 7.14 Å². The molecule has 0 saturated heterocycles. The van der Waals surface area contributed by atoms with Crippen molar-refractivity contribution in [1.82, 2.24) is 9.38 Å². The lowest BCUT2D eigenvalue weighted by Crippen LogP contribution is -2.24. The molecule has 0 aliphatic heterocycles. The van der Waals surface area contributed by atoms with Gasteiger partial charge in [-0.2, -0.15) is 0 Å². The first-order chi connectivity index (χ1) is 19.2. The van der Waals surface area contributed by atoms with E-state index in [1.165, 1.54) is 10.8 Å². The van der Waals surface area contributed by atoms with E-state index in [4.69, 9.17) is 4.98 Å². The van der Waals surface area contributed by atoms with Gasteiger partial charge in [-0.3, -0.25) is 4.40 Å². The van der Waals surface area contributed by atoms with Gasteiger partial charge < -0.3 is 4.57 Å². The van der Waals surface area contributed by atoms with E-state index in [0.717, 1.165) is 54.3 Å². The summed E-state index contributed by atoms with van der Waals surface area (Å²) in [5, 5.41) is 8.17. The molecule has 0 fully saturated rings. The molecule has 0 radical (unpaired) electrons. The van der Waals surface area contributed by atoms with Crippen LogP contribution in [0.15, 0.2) is 140 Å². The highest BCUT2D eigenvalue weighted by molar-refractivity contribution is 7.85. The Hall–Kier alpha value is -4.72. The van der Waals surface area contributed by atoms with Crippen LogP contribution < -0.4 is 15.9 Å². The summed E-state index contributed by atoms with van der Waals surface area (Å²) in [6.45, 7) is 0. The van der Waals surface area contributed by atoms with Crippen LogP contribution in [0.2, 0.25) is 0 Å². The van der Waals surface area contributed by atoms with Crippen molar-refractivity contribution in [2.45, 2.75) is 0 Å². The second kappa shape index (κ2) is 8.39. The number of imidazole rings is 1. The van der Waals surface area contributed by atoms with E-state index in [0.29, 0.717) is 0 Å². The van der Waals surface area contributed by atoms with E-state index >= 15 is 4.57 Å². The Morgan fingerprint density at radius 3 is 1.87 bits per heavy atom. The molecule has 0 bridgehead atoms. The number of benzene rings is 6. The van der Waals surface area contributed by atoms with Gasteiger partial charge in [-0.05, 0) is 29.0 Å². The van der Waals surface area contributed by atoms with Crippen LogP contribution in [-0.4, -0.2) is 9.38 Å². The molecule has 0 atom stereocenters. The number of aromatic nitrogens is 2. The predicted molar refractivity (Wildman–Crippen MR) is 165 cm³/mol. The van der Waals surface area contributed by atoms with Crippen LogP contribution in [0.25, 0.3) is 49.1 Å². The summed E-state index contributed by atoms with van der Waals surface area (Å²) in [5.41, 5.74) is 4.13. The summed E-state index contributed by atoms with van der Waals surface area (Å²) in [6, 6.07) is 47.2. The average molecular weight is 519 g/mol. The zero-order valence-electron chi connectivity index (χ0n) is 21.0. The smallest absolute Gasteiger partial charge is 0.171 e. The summed E-state index contributed by atoms with van der Waals surface area (Å²) in [7, 11) is -3.07. The van der Waals surface area contributed by atoms with Crippen molar-refractivity contribution < 1.29 is 4.57 Å². The van der Waals surface area contributed by atoms with Gasteiger partial charge in [0.05, 0.1) is 16.6 Å². The molecule has 0 aliphatic carbocycles. The van der Waals surface area contributed by atoms with Gasteiger partial charge in [0.25, 0.3) is 0 Å². The fourth-order valence-corrected chi connectivity index (χ4v) is 8.71. The minimum absolute atomic E-state index is 0.833. The maximum Gasteiger partial charge on any atom is 0.171 e. The molecule has 2 heterocycles. The third kappa shape index (κ3) is 3.17. The SMILES string of the molecule is O=P(c1ccccc1)(c1ccccc1)c1ccc2c(ccc3c4ccccc4c4nc5ccccc5n4c23)c1. The lowest BCUT2D eigenvalue weighted by atomic mass is 10.0. The van der Waals surface area contributed by atoms with E-state index in [-0.39, 0.29) is 0 Å². The molecule has 39 heavy (non-hydrogen) atoms. The summed E-state index contributed by atoms with van der Waals surface area (Å²) in [5.74, 6) is 0. The van der Waals surface area contributed by atoms with Gasteiger partial charge in [0.15, 0.2) is 7.14 Å². The lowest BCUT2D eigenvalue weighted by molar-refractivity contribution is 0.592. The minimum Gasteiger partial charge on any atom is -0.309 e. The number of nitrogens with zero attached hydrogens (tertiary/aromatic N) is 2. The summed E-state index contributed by atoms with van der Waals surface area (Å²) >= 11 is 0. The van der Waals surface area contributed by atoms with E-state index in [1.807, 2.05) is 66.7 Å². The van der Waals surface area contributed by atoms with Crippen molar-refractivity contribution >= 4 is 72.2 Å². The monoisotopic (exact) mass is 518 g/mol. The zero-order valence-corrected chi connectivity index (χ0v) is 21.9. The van der Waals surface area contributed by atoms with E-state index in [2.05, 4.69) is 77.2 Å². The van der Waals surface area contributed by atoms with Crippen molar-refractivity contribution in [3.05, 3.63) is 140 Å². The van der Waals surface area contributed by atoms with Crippen molar-refractivity contribution in [2.24, 2.45) is 0 Å². The van der Waals surface area contributed by atoms with Gasteiger partial charge >= 0.3 is 0 Å². The van der Waals surface area contributed by atoms with Crippen LogP contribution in [0.5, 0.6) is 0 Å². The highest BCUT2D eigenvalue weighted by Crippen LogP contribution is 2.44. The summed E-state index contributed by atoms with van der Waals surface area (Å²) in [6.07, 6.45) is 0. The van der Waals surface area contributed by atoms with Crippen LogP contribution in [-0.2, 0) is 4.57 Å². The maximum atomic E-state index is 15.0. The second-order valence-electron chi connectivity index (χ2n) is 9.95. The molecule has 0 saturated carbocycles. The van der Waals surface area contributed by atoms with Crippen molar-refractivity contribution in [3.8, 4) is 0 Å². The maximum absolute atomic E-state index is 15.0. The number of fused-ring (bicyclic) bond motifs is 10. The van der Waals surface area contributed by atoms with E-state index in [1.54, 1.807) is 0 Å². The summed E-state index contributed by atoms with van der Waals surface area (Å²) < 4.78 is 17.3. The summed E-state index contributed by atoms with van der Waals surface area (Å²) in [4.78, 5) is 5.05. The molecule has 184 valence electrons. The third-order valence-corrected chi connectivity index (χ3v) is 10.9. The van der Waals surface area contributed by atoms with Crippen LogP contribution in [0.3, 0.4) is 0 Å². The minimum atomic E-state index is -3.07. The lowest BCUT2D eigenvalue weighted by Gasteiger charge is -2.21. The Labute approximate surface area is 225 Å². The van der Waals surface area contributed by atoms with E-state index in [9.17, 15) is 0 Å². The number of para-hydroxylation sites is 2. The third-order valence-electron chi connectivity index (χ3n) is 7.82. The van der Waals surface area contributed by atoms with Crippen molar-refractivity contribution in [1.29, 1.82) is 0 Å². The molecule has 4 heteroatoms. The molecule has 6 aromatic carbocycles. The molecule has 3 nitrogen and oxygen atoms in total. The van der Waals surface area contributed by atoms with Crippen molar-refractivity contribution in [2.75, 3.05) is 0 Å². The van der Waals surface area contributed by atoms with Crippen LogP contribution in [0.4, 0.5) is 0 Å². The topological polar surface area (TPSA) is 34.4 Å². The molecule has 0 aliphatic rings. The zero-order chi connectivity index (χ0) is 26.0. The first-order valence-electron chi connectivity index (χ1n) is 13.1. The Bertz CT molecular complexity index is 2210. The van der Waals surface area contributed by atoms with Crippen LogP contribution in [0, 0.1) is 0 Å². The molecule has 0 amide bonds. The second-order valence-corrected chi connectivity index (χ2v) is 12.7. The first kappa shape index (κ1) is 22.3. The largest absolute Gasteiger partial charge is 0.309 e. The Morgan fingerprint density at radius 1 is 0.513 bits per heavy atom. The highest BCUT2D eigenvalue weighted by Gasteiger charge is 2.30. The van der Waals surface area contributed by atoms with Gasteiger partial charge in [0, 0.05) is 32.1 Å². The van der Waals surface area contributed by atoms with Crippen molar-refractivity contribution in [3.63, 3.8) is 0 Å². The standard InChI is InChI=1S/C35H23N2OP/c38-39(25-11-3-1-4-12-25,26-13-5-2-6-14-26)27-20-22-28-24(23-27)19-21-30-29-15-7-8-16-31(29)35-36-32-17-9-10-18-33(32)37(35)34(28)30/h1-23H. The molecular weight excluding hydrogens is 495 g/mol. The van der Waals surface area contributed by atoms with Crippen LogP contribution >= 0.6 is 7.14 Å².